The molecular formula is C19H18BrN7O2. The van der Waals surface area contributed by atoms with E-state index in [9.17, 15) is 4.79 Å². The second-order valence-corrected chi connectivity index (χ2v) is 7.21. The van der Waals surface area contributed by atoms with Gasteiger partial charge in [0.2, 0.25) is 0 Å². The highest BCUT2D eigenvalue weighted by Crippen LogP contribution is 2.18. The van der Waals surface area contributed by atoms with E-state index in [4.69, 9.17) is 4.74 Å². The van der Waals surface area contributed by atoms with E-state index in [1.54, 1.807) is 12.5 Å². The van der Waals surface area contributed by atoms with E-state index in [-0.39, 0.29) is 6.61 Å². The van der Waals surface area contributed by atoms with Gasteiger partial charge in [-0.2, -0.15) is 5.10 Å². The SMILES string of the molecule is O=C(Nc1ncnc2c1ncn2CCCn1cc(Br)cn1)OCc1ccccc1. The maximum Gasteiger partial charge on any atom is 0.413 e. The lowest BCUT2D eigenvalue weighted by Crippen LogP contribution is -2.15. The molecule has 9 nitrogen and oxygen atoms in total. The fourth-order valence-electron chi connectivity index (χ4n) is 2.86. The van der Waals surface area contributed by atoms with E-state index in [1.165, 1.54) is 6.33 Å². The monoisotopic (exact) mass is 455 g/mol. The van der Waals surface area contributed by atoms with Gasteiger partial charge < -0.3 is 9.30 Å². The lowest BCUT2D eigenvalue weighted by atomic mass is 10.2. The molecule has 4 aromatic rings. The molecule has 148 valence electrons. The fourth-order valence-corrected chi connectivity index (χ4v) is 3.18. The third kappa shape index (κ3) is 4.77. The zero-order valence-electron chi connectivity index (χ0n) is 15.4. The molecule has 1 amide bonds. The number of hydrogen-bond acceptors (Lipinski definition) is 6. The molecular weight excluding hydrogens is 438 g/mol. The first kappa shape index (κ1) is 19.1. The molecule has 4 rings (SSSR count). The van der Waals surface area contributed by atoms with Gasteiger partial charge in [-0.3, -0.25) is 10.00 Å². The van der Waals surface area contributed by atoms with Crippen molar-refractivity contribution < 1.29 is 9.53 Å². The first-order valence-corrected chi connectivity index (χ1v) is 9.80. The number of carbonyl (C=O) groups excluding carboxylic acids is 1. The molecule has 0 aliphatic rings. The number of amides is 1. The average Bonchev–Trinajstić information content (AvgIpc) is 3.34. The number of aryl methyl sites for hydroxylation is 2. The number of hydrogen-bond donors (Lipinski definition) is 1. The predicted molar refractivity (Wildman–Crippen MR) is 110 cm³/mol. The smallest absolute Gasteiger partial charge is 0.413 e. The summed E-state index contributed by atoms with van der Waals surface area (Å²) in [6, 6.07) is 9.47. The van der Waals surface area contributed by atoms with Crippen LogP contribution in [0.1, 0.15) is 12.0 Å². The Hall–Kier alpha value is -3.27. The summed E-state index contributed by atoms with van der Waals surface area (Å²) in [6.07, 6.45) is 7.04. The van der Waals surface area contributed by atoms with Crippen LogP contribution >= 0.6 is 15.9 Å². The third-order valence-corrected chi connectivity index (χ3v) is 4.63. The molecule has 0 saturated carbocycles. The molecule has 0 aliphatic carbocycles. The molecule has 0 atom stereocenters. The van der Waals surface area contributed by atoms with E-state index < -0.39 is 6.09 Å². The van der Waals surface area contributed by atoms with Crippen LogP contribution in [0.3, 0.4) is 0 Å². The van der Waals surface area contributed by atoms with Crippen LogP contribution in [0.25, 0.3) is 11.2 Å². The summed E-state index contributed by atoms with van der Waals surface area (Å²) >= 11 is 3.39. The fraction of sp³-hybridized carbons (Fsp3) is 0.211. The van der Waals surface area contributed by atoms with Crippen LogP contribution < -0.4 is 5.32 Å². The molecule has 29 heavy (non-hydrogen) atoms. The van der Waals surface area contributed by atoms with Crippen LogP contribution in [0.4, 0.5) is 10.6 Å². The Bertz CT molecular complexity index is 1110. The largest absolute Gasteiger partial charge is 0.444 e. The minimum atomic E-state index is -0.590. The van der Waals surface area contributed by atoms with Crippen LogP contribution in [0.5, 0.6) is 0 Å². The summed E-state index contributed by atoms with van der Waals surface area (Å²) < 4.78 is 9.99. The second kappa shape index (κ2) is 8.82. The van der Waals surface area contributed by atoms with Gasteiger partial charge in [-0.15, -0.1) is 0 Å². The van der Waals surface area contributed by atoms with Crippen LogP contribution in [0.2, 0.25) is 0 Å². The number of halogens is 1. The second-order valence-electron chi connectivity index (χ2n) is 6.29. The number of nitrogens with zero attached hydrogens (tertiary/aromatic N) is 6. The van der Waals surface area contributed by atoms with Gasteiger partial charge in [0.05, 0.1) is 17.0 Å². The Kier molecular flexibility index (Phi) is 5.80. The van der Waals surface area contributed by atoms with Crippen LogP contribution in [0.15, 0.2) is 59.9 Å². The zero-order valence-corrected chi connectivity index (χ0v) is 17.0. The summed E-state index contributed by atoms with van der Waals surface area (Å²) in [4.78, 5) is 24.9. The summed E-state index contributed by atoms with van der Waals surface area (Å²) in [7, 11) is 0. The predicted octanol–water partition coefficient (Wildman–Crippen LogP) is 3.62. The minimum absolute atomic E-state index is 0.179. The maximum atomic E-state index is 12.1. The molecule has 3 aromatic heterocycles. The van der Waals surface area contributed by atoms with Crippen LogP contribution in [-0.2, 0) is 24.4 Å². The molecule has 0 unspecified atom stereocenters. The Morgan fingerprint density at radius 2 is 2.00 bits per heavy atom. The highest BCUT2D eigenvalue weighted by molar-refractivity contribution is 9.10. The molecule has 0 bridgehead atoms. The van der Waals surface area contributed by atoms with Gasteiger partial charge in [-0.25, -0.2) is 19.7 Å². The third-order valence-electron chi connectivity index (χ3n) is 4.22. The number of rotatable bonds is 7. The number of benzene rings is 1. The van der Waals surface area contributed by atoms with E-state index in [1.807, 2.05) is 45.8 Å². The van der Waals surface area contributed by atoms with E-state index >= 15 is 0 Å². The minimum Gasteiger partial charge on any atom is -0.444 e. The summed E-state index contributed by atoms with van der Waals surface area (Å²) in [6.45, 7) is 1.66. The Morgan fingerprint density at radius 1 is 1.14 bits per heavy atom. The molecule has 1 aromatic carbocycles. The van der Waals surface area contributed by atoms with E-state index in [2.05, 4.69) is 41.3 Å². The Labute approximate surface area is 174 Å². The highest BCUT2D eigenvalue weighted by atomic mass is 79.9. The number of anilines is 1. The highest BCUT2D eigenvalue weighted by Gasteiger charge is 2.13. The molecule has 0 aliphatic heterocycles. The quantitative estimate of drug-likeness (QED) is 0.456. The Morgan fingerprint density at radius 3 is 2.79 bits per heavy atom. The first-order valence-electron chi connectivity index (χ1n) is 9.00. The van der Waals surface area contributed by atoms with Crippen molar-refractivity contribution in [1.82, 2.24) is 29.3 Å². The van der Waals surface area contributed by atoms with Gasteiger partial charge in [0.15, 0.2) is 17.0 Å². The van der Waals surface area contributed by atoms with Crippen LogP contribution in [0, 0.1) is 0 Å². The van der Waals surface area contributed by atoms with Gasteiger partial charge in [-0.1, -0.05) is 30.3 Å². The average molecular weight is 456 g/mol. The van der Waals surface area contributed by atoms with Gasteiger partial charge in [0.1, 0.15) is 12.9 Å². The maximum absolute atomic E-state index is 12.1. The van der Waals surface area contributed by atoms with Crippen molar-refractivity contribution in [2.24, 2.45) is 0 Å². The molecule has 0 spiro atoms. The van der Waals surface area contributed by atoms with Crippen molar-refractivity contribution in [2.45, 2.75) is 26.1 Å². The number of fused-ring (bicyclic) bond motifs is 1. The lowest BCUT2D eigenvalue weighted by Gasteiger charge is -2.07. The molecule has 1 N–H and O–H groups in total. The Balaban J connectivity index is 1.38. The number of imidazole rings is 1. The van der Waals surface area contributed by atoms with Crippen molar-refractivity contribution >= 4 is 39.0 Å². The van der Waals surface area contributed by atoms with Crippen molar-refractivity contribution in [2.75, 3.05) is 5.32 Å². The van der Waals surface area contributed by atoms with Gasteiger partial charge in [0.25, 0.3) is 0 Å². The standard InChI is InChI=1S/C19H18BrN7O2/c20-15-9-24-27(10-15)8-4-7-26-13-23-16-17(21-12-22-18(16)26)25-19(28)29-11-14-5-2-1-3-6-14/h1-3,5-6,9-10,12-13H,4,7-8,11H2,(H,21,22,25,28). The molecule has 0 radical (unpaired) electrons. The molecule has 0 saturated heterocycles. The number of ether oxygens (including phenoxy) is 1. The first-order chi connectivity index (χ1) is 14.2. The lowest BCUT2D eigenvalue weighted by molar-refractivity contribution is 0.155. The van der Waals surface area contributed by atoms with E-state index in [0.29, 0.717) is 23.5 Å². The van der Waals surface area contributed by atoms with Crippen LogP contribution in [-0.4, -0.2) is 35.4 Å². The van der Waals surface area contributed by atoms with Crippen molar-refractivity contribution in [1.29, 1.82) is 0 Å². The number of carbonyl (C=O) groups is 1. The number of aromatic nitrogens is 6. The van der Waals surface area contributed by atoms with Gasteiger partial charge in [-0.05, 0) is 27.9 Å². The molecule has 3 heterocycles. The number of nitrogens with one attached hydrogen (secondary N) is 1. The van der Waals surface area contributed by atoms with Crippen molar-refractivity contribution in [3.05, 3.63) is 65.4 Å². The summed E-state index contributed by atoms with van der Waals surface area (Å²) in [5.74, 6) is 0.322. The summed E-state index contributed by atoms with van der Waals surface area (Å²) in [5.41, 5.74) is 2.08. The molecule has 10 heteroatoms. The van der Waals surface area contributed by atoms with E-state index in [0.717, 1.165) is 23.0 Å². The van der Waals surface area contributed by atoms with Crippen molar-refractivity contribution in [3.8, 4) is 0 Å². The molecule has 0 fully saturated rings. The topological polar surface area (TPSA) is 99.8 Å². The zero-order chi connectivity index (χ0) is 20.1. The van der Waals surface area contributed by atoms with Gasteiger partial charge >= 0.3 is 6.09 Å². The normalized spacial score (nSPS) is 10.9. The van der Waals surface area contributed by atoms with Gasteiger partial charge in [0, 0.05) is 19.3 Å². The van der Waals surface area contributed by atoms with Crippen molar-refractivity contribution in [3.63, 3.8) is 0 Å². The summed E-state index contributed by atoms with van der Waals surface area (Å²) in [5, 5.41) is 6.89.